The average Bonchev–Trinajstić information content (AvgIpc) is 3.17. The first kappa shape index (κ1) is 19.2. The second-order valence-electron chi connectivity index (χ2n) is 9.94. The predicted octanol–water partition coefficient (Wildman–Crippen LogP) is 6.44. The normalized spacial score (nSPS) is 33.1. The van der Waals surface area contributed by atoms with E-state index in [0.717, 1.165) is 12.3 Å². The molecule has 3 aliphatic rings. The minimum atomic E-state index is 0.261. The van der Waals surface area contributed by atoms with Gasteiger partial charge >= 0.3 is 0 Å². The van der Waals surface area contributed by atoms with Crippen LogP contribution < -0.4 is 0 Å². The van der Waals surface area contributed by atoms with Crippen LogP contribution in [-0.2, 0) is 4.74 Å². The number of fused-ring (bicyclic) bond motifs is 2. The topological polar surface area (TPSA) is 9.23 Å². The molecule has 0 heterocycles. The summed E-state index contributed by atoms with van der Waals surface area (Å²) in [7, 11) is 0. The summed E-state index contributed by atoms with van der Waals surface area (Å²) in [6, 6.07) is 0. The molecule has 0 amide bonds. The quantitative estimate of drug-likeness (QED) is 0.398. The molecule has 0 aromatic heterocycles. The zero-order valence-electron chi connectivity index (χ0n) is 16.9. The van der Waals surface area contributed by atoms with E-state index in [9.17, 15) is 0 Å². The number of hydrogen-bond donors (Lipinski definition) is 0. The van der Waals surface area contributed by atoms with Crippen molar-refractivity contribution in [1.82, 2.24) is 0 Å². The smallest absolute Gasteiger partial charge is 0.118 e. The molecule has 2 heteroatoms. The largest absolute Gasteiger partial charge is 0.443 e. The van der Waals surface area contributed by atoms with Crippen LogP contribution in [0.4, 0.5) is 0 Å². The first-order chi connectivity index (χ1) is 11.8. The molecular weight excluding hydrogens is 324 g/mol. The molecule has 0 N–H and O–H groups in total. The third kappa shape index (κ3) is 3.64. The van der Waals surface area contributed by atoms with E-state index in [0.29, 0.717) is 16.9 Å². The zero-order chi connectivity index (χ0) is 18.1. The van der Waals surface area contributed by atoms with Gasteiger partial charge < -0.3 is 4.74 Å². The van der Waals surface area contributed by atoms with Gasteiger partial charge in [0.1, 0.15) is 12.2 Å². The van der Waals surface area contributed by atoms with Gasteiger partial charge in [-0.05, 0) is 67.9 Å². The summed E-state index contributed by atoms with van der Waals surface area (Å²) in [6.45, 7) is 9.62. The minimum absolute atomic E-state index is 0.261. The molecule has 140 valence electrons. The van der Waals surface area contributed by atoms with Gasteiger partial charge in [-0.2, -0.15) is 11.8 Å². The van der Waals surface area contributed by atoms with E-state index in [-0.39, 0.29) is 5.41 Å². The zero-order valence-corrected chi connectivity index (χ0v) is 17.7. The van der Waals surface area contributed by atoms with Gasteiger partial charge in [0.15, 0.2) is 0 Å². The van der Waals surface area contributed by atoms with Crippen LogP contribution in [0, 0.1) is 34.2 Å². The van der Waals surface area contributed by atoms with Gasteiger partial charge in [-0.1, -0.05) is 45.3 Å². The molecule has 0 unspecified atom stereocenters. The third-order valence-electron chi connectivity index (χ3n) is 7.44. The van der Waals surface area contributed by atoms with Gasteiger partial charge in [0.2, 0.25) is 0 Å². The maximum Gasteiger partial charge on any atom is 0.118 e. The molecule has 3 aliphatic carbocycles. The summed E-state index contributed by atoms with van der Waals surface area (Å²) in [5.41, 5.74) is 2.63. The SMILES string of the molecule is CSC[C@]12CC[C@H](C[C@H]1OC#CCC(C)(C)CC1=CCCC1)C2(C)C. The highest BCUT2D eigenvalue weighted by Crippen LogP contribution is 2.67. The lowest BCUT2D eigenvalue weighted by Gasteiger charge is -2.40. The van der Waals surface area contributed by atoms with E-state index in [1.807, 2.05) is 11.8 Å². The predicted molar refractivity (Wildman–Crippen MR) is 110 cm³/mol. The van der Waals surface area contributed by atoms with E-state index in [2.05, 4.69) is 52.1 Å². The fraction of sp³-hybridized carbons (Fsp3) is 0.826. The van der Waals surface area contributed by atoms with Crippen molar-refractivity contribution in [3.8, 4) is 12.0 Å². The molecule has 0 aliphatic heterocycles. The van der Waals surface area contributed by atoms with Crippen molar-refractivity contribution in [3.63, 3.8) is 0 Å². The van der Waals surface area contributed by atoms with E-state index < -0.39 is 0 Å². The van der Waals surface area contributed by atoms with Crippen LogP contribution in [0.5, 0.6) is 0 Å². The molecule has 25 heavy (non-hydrogen) atoms. The molecule has 3 rings (SSSR count). The summed E-state index contributed by atoms with van der Waals surface area (Å²) in [5, 5.41) is 0. The fourth-order valence-electron chi connectivity index (χ4n) is 5.73. The van der Waals surface area contributed by atoms with E-state index >= 15 is 0 Å². The number of ether oxygens (including phenoxy) is 1. The molecule has 2 saturated carbocycles. The van der Waals surface area contributed by atoms with Crippen LogP contribution in [-0.4, -0.2) is 18.1 Å². The van der Waals surface area contributed by atoms with E-state index in [4.69, 9.17) is 4.74 Å². The minimum Gasteiger partial charge on any atom is -0.443 e. The van der Waals surface area contributed by atoms with Crippen molar-refractivity contribution in [2.75, 3.05) is 12.0 Å². The number of allylic oxidation sites excluding steroid dienone is 2. The lowest BCUT2D eigenvalue weighted by molar-refractivity contribution is 0.0157. The Labute approximate surface area is 159 Å². The number of rotatable bonds is 6. The lowest BCUT2D eigenvalue weighted by atomic mass is 9.69. The monoisotopic (exact) mass is 360 g/mol. The standard InChI is InChI=1S/C23H36OS/c1-21(2,16-18-9-6-7-10-18)12-8-14-24-20-15-19-11-13-23(20,17-25-5)22(19,3)4/h9,19-20H,6-7,10-13,15-17H2,1-5H3/t19-,20-,23-/m1/s1. The van der Waals surface area contributed by atoms with Crippen molar-refractivity contribution < 1.29 is 4.74 Å². The number of thioether (sulfide) groups is 1. The third-order valence-corrected chi connectivity index (χ3v) is 8.24. The van der Waals surface area contributed by atoms with E-state index in [1.165, 1.54) is 50.7 Å². The Morgan fingerprint density at radius 1 is 1.36 bits per heavy atom. The van der Waals surface area contributed by atoms with Crippen LogP contribution in [0.1, 0.15) is 79.1 Å². The van der Waals surface area contributed by atoms with Gasteiger partial charge in [0, 0.05) is 17.6 Å². The molecule has 0 aromatic carbocycles. The highest BCUT2D eigenvalue weighted by Gasteiger charge is 2.64. The van der Waals surface area contributed by atoms with Gasteiger partial charge in [0.05, 0.1) is 0 Å². The molecule has 0 spiro atoms. The van der Waals surface area contributed by atoms with Crippen molar-refractivity contribution in [3.05, 3.63) is 11.6 Å². The Morgan fingerprint density at radius 2 is 2.16 bits per heavy atom. The van der Waals surface area contributed by atoms with Crippen molar-refractivity contribution in [2.24, 2.45) is 22.2 Å². The lowest BCUT2D eigenvalue weighted by Crippen LogP contribution is -2.41. The van der Waals surface area contributed by atoms with Crippen molar-refractivity contribution in [2.45, 2.75) is 85.2 Å². The first-order valence-corrected chi connectivity index (χ1v) is 11.5. The summed E-state index contributed by atoms with van der Waals surface area (Å²) in [4.78, 5) is 0. The molecule has 3 atom stereocenters. The average molecular weight is 361 g/mol. The van der Waals surface area contributed by atoms with Crippen LogP contribution >= 0.6 is 11.8 Å². The summed E-state index contributed by atoms with van der Waals surface area (Å²) in [5.74, 6) is 5.39. The van der Waals surface area contributed by atoms with Gasteiger partial charge in [0.25, 0.3) is 0 Å². The van der Waals surface area contributed by atoms with Gasteiger partial charge in [-0.3, -0.25) is 0 Å². The molecule has 0 aromatic rings. The summed E-state index contributed by atoms with van der Waals surface area (Å²) < 4.78 is 6.20. The van der Waals surface area contributed by atoms with Crippen LogP contribution in [0.2, 0.25) is 0 Å². The van der Waals surface area contributed by atoms with E-state index in [1.54, 1.807) is 5.57 Å². The van der Waals surface area contributed by atoms with Crippen molar-refractivity contribution in [1.29, 1.82) is 0 Å². The highest BCUT2D eigenvalue weighted by atomic mass is 32.2. The second kappa shape index (κ2) is 7.22. The maximum atomic E-state index is 6.20. The molecule has 2 fully saturated rings. The molecular formula is C23H36OS. The summed E-state index contributed by atoms with van der Waals surface area (Å²) >= 11 is 1.98. The Hall–Kier alpha value is -0.550. The molecule has 2 bridgehead atoms. The van der Waals surface area contributed by atoms with Crippen LogP contribution in [0.15, 0.2) is 11.6 Å². The maximum absolute atomic E-state index is 6.20. The Morgan fingerprint density at radius 3 is 2.80 bits per heavy atom. The molecule has 0 saturated heterocycles. The van der Waals surface area contributed by atoms with Crippen molar-refractivity contribution >= 4 is 11.8 Å². The number of hydrogen-bond acceptors (Lipinski definition) is 2. The van der Waals surface area contributed by atoms with Crippen LogP contribution in [0.25, 0.3) is 0 Å². The molecule has 0 radical (unpaired) electrons. The fourth-order valence-corrected chi connectivity index (χ4v) is 6.94. The Bertz CT molecular complexity index is 577. The summed E-state index contributed by atoms with van der Waals surface area (Å²) in [6.07, 6.45) is 18.1. The van der Waals surface area contributed by atoms with Gasteiger partial charge in [-0.25, -0.2) is 0 Å². The first-order valence-electron chi connectivity index (χ1n) is 10.1. The Kier molecular flexibility index (Phi) is 5.55. The molecule has 1 nitrogen and oxygen atoms in total. The highest BCUT2D eigenvalue weighted by molar-refractivity contribution is 7.98. The van der Waals surface area contributed by atoms with Crippen LogP contribution in [0.3, 0.4) is 0 Å². The van der Waals surface area contributed by atoms with Gasteiger partial charge in [-0.15, -0.1) is 0 Å². The Balaban J connectivity index is 1.58. The second-order valence-corrected chi connectivity index (χ2v) is 10.8.